The Morgan fingerprint density at radius 1 is 1.02 bits per heavy atom. The normalized spacial score (nSPS) is 21.2. The van der Waals surface area contributed by atoms with Gasteiger partial charge in [0.2, 0.25) is 18.0 Å². The van der Waals surface area contributed by atoms with Crippen LogP contribution in [0.25, 0.3) is 11.2 Å². The van der Waals surface area contributed by atoms with Crippen molar-refractivity contribution in [2.45, 2.75) is 109 Å². The molecule has 2 amide bonds. The number of anilines is 1. The third-order valence-corrected chi connectivity index (χ3v) is 14.4. The van der Waals surface area contributed by atoms with E-state index in [4.69, 9.17) is 10.5 Å². The molecule has 0 aromatic carbocycles. The molecular formula is C32H54N6O16P3S2-3. The summed E-state index contributed by atoms with van der Waals surface area (Å²) in [5, 5.41) is 26.5. The third kappa shape index (κ3) is 17.9. The second-order valence-corrected chi connectivity index (χ2v) is 21.1. The summed E-state index contributed by atoms with van der Waals surface area (Å²) >= 11 is 0. The molecule has 1 saturated heterocycles. The van der Waals surface area contributed by atoms with Crippen LogP contribution in [0.2, 0.25) is 0 Å². The molecule has 59 heavy (non-hydrogen) atoms. The van der Waals surface area contributed by atoms with Crippen LogP contribution in [0.3, 0.4) is 0 Å². The zero-order chi connectivity index (χ0) is 43.9. The highest BCUT2D eigenvalue weighted by atomic mass is 33.1. The molecule has 1 aliphatic heterocycles. The number of rotatable bonds is 29. The number of nitrogens with two attached hydrogens (primary N) is 1. The number of nitrogens with one attached hydrogen (secondary N) is 3. The second kappa shape index (κ2) is 24.2. The van der Waals surface area contributed by atoms with Crippen molar-refractivity contribution >= 4 is 73.7 Å². The minimum atomic E-state index is -5.88. The van der Waals surface area contributed by atoms with Gasteiger partial charge in [0, 0.05) is 36.4 Å². The van der Waals surface area contributed by atoms with Crippen molar-refractivity contribution < 1.29 is 80.3 Å². The van der Waals surface area contributed by atoms with Crippen LogP contribution >= 0.6 is 45.1 Å². The standard InChI is InChI=1S/C32H57N6O16P3S2/c1-4-5-6-7-8-9-10-11-17-58-59-18-16-34-24(39)13-15-36-30(42)28(41)32(2,3)20-51-57(48,49)54-56(46,47)50-19-23-27(53-55(43,44)45)26(40)31(52-23)38-21-37-25-22(33)12-14-35-29(25)38/h12,14,21,23,26-28,31,40-41H,4-11,13,15-20H2,1-3H3,(H8,33,34,35,36,39,42,43,44,45,46,47,48,49)/p-3/t23-,26?,27+,28-,31-/m1/s1. The predicted molar refractivity (Wildman–Crippen MR) is 209 cm³/mol. The number of aromatic nitrogens is 3. The van der Waals surface area contributed by atoms with Gasteiger partial charge in [0.25, 0.3) is 15.6 Å². The molecule has 7 N–H and O–H groups in total. The zero-order valence-corrected chi connectivity index (χ0v) is 37.3. The number of imidazole rings is 1. The lowest BCUT2D eigenvalue weighted by Gasteiger charge is -2.36. The molecule has 0 radical (unpaired) electrons. The van der Waals surface area contributed by atoms with E-state index in [2.05, 4.69) is 45.4 Å². The van der Waals surface area contributed by atoms with Crippen molar-refractivity contribution in [2.24, 2.45) is 5.41 Å². The van der Waals surface area contributed by atoms with Crippen LogP contribution in [0.5, 0.6) is 0 Å². The minimum absolute atomic E-state index is 0.0898. The van der Waals surface area contributed by atoms with Gasteiger partial charge in [-0.1, -0.05) is 87.3 Å². The Balaban J connectivity index is 1.39. The lowest BCUT2D eigenvalue weighted by atomic mass is 9.87. The number of nitrogens with zero attached hydrogens (tertiary/aromatic N) is 2. The maximum absolute atomic E-state index is 12.6. The Kier molecular flexibility index (Phi) is 21.2. The summed E-state index contributed by atoms with van der Waals surface area (Å²) in [7, 11) is -14.1. The SMILES string of the molecule is CCCCCCCCCCSSCCNC(=O)CCNC(=O)[C@@H](O)C(C)(C)COP(=O)([O-])OP(=O)([O-])OC[C@H]1O[C@@H]([n+]2c[nH]c3c(N)ccnc32)C(O)[C@H]1OP(=O)([O-])[O-]. The van der Waals surface area contributed by atoms with E-state index < -0.39 is 78.6 Å². The van der Waals surface area contributed by atoms with Crippen LogP contribution in [0.4, 0.5) is 5.69 Å². The van der Waals surface area contributed by atoms with Crippen molar-refractivity contribution in [3.05, 3.63) is 18.6 Å². The van der Waals surface area contributed by atoms with E-state index in [1.165, 1.54) is 77.4 Å². The Bertz CT molecular complexity index is 1790. The molecule has 27 heteroatoms. The van der Waals surface area contributed by atoms with E-state index in [0.717, 1.165) is 16.7 Å². The molecule has 0 bridgehead atoms. The molecule has 0 spiro atoms. The number of hydrogen-bond acceptors (Lipinski definition) is 20. The lowest BCUT2D eigenvalue weighted by molar-refractivity contribution is -0.745. The topological polar surface area (TPSA) is 347 Å². The summed E-state index contributed by atoms with van der Waals surface area (Å²) in [4.78, 5) is 79.6. The van der Waals surface area contributed by atoms with E-state index in [-0.39, 0.29) is 35.7 Å². The highest BCUT2D eigenvalue weighted by Gasteiger charge is 2.49. The summed E-state index contributed by atoms with van der Waals surface area (Å²) in [5.41, 5.74) is 4.88. The van der Waals surface area contributed by atoms with Gasteiger partial charge in [0.1, 0.15) is 30.6 Å². The van der Waals surface area contributed by atoms with Gasteiger partial charge >= 0.3 is 5.65 Å². The summed E-state index contributed by atoms with van der Waals surface area (Å²) in [6.45, 7) is 2.79. The summed E-state index contributed by atoms with van der Waals surface area (Å²) in [6.07, 6.45) is 3.30. The predicted octanol–water partition coefficient (Wildman–Crippen LogP) is 0.423. The average molecular weight is 936 g/mol. The highest BCUT2D eigenvalue weighted by molar-refractivity contribution is 8.76. The van der Waals surface area contributed by atoms with Crippen molar-refractivity contribution in [3.8, 4) is 0 Å². The Morgan fingerprint density at radius 3 is 2.34 bits per heavy atom. The number of carbonyl (C=O) groups is 2. The number of carbonyl (C=O) groups excluding carboxylic acids is 2. The molecule has 0 aliphatic carbocycles. The number of nitrogen functional groups attached to an aromatic ring is 1. The molecular weight excluding hydrogens is 881 g/mol. The lowest BCUT2D eigenvalue weighted by Crippen LogP contribution is -2.46. The Hall–Kier alpha value is -1.69. The van der Waals surface area contributed by atoms with Crippen LogP contribution in [0.1, 0.15) is 84.8 Å². The number of ether oxygens (including phenoxy) is 1. The van der Waals surface area contributed by atoms with Crippen molar-refractivity contribution in [1.29, 1.82) is 0 Å². The molecule has 2 aromatic heterocycles. The fourth-order valence-corrected chi connectivity index (χ4v) is 10.5. The van der Waals surface area contributed by atoms with Crippen LogP contribution in [-0.4, -0.2) is 94.2 Å². The maximum Gasteiger partial charge on any atom is 0.305 e. The summed E-state index contributed by atoms with van der Waals surface area (Å²) in [5.74, 6) is 0.467. The molecule has 7 atom stereocenters. The second-order valence-electron chi connectivity index (χ2n) is 14.3. The molecule has 1 aliphatic rings. The number of hydrogen-bond donors (Lipinski definition) is 6. The molecule has 338 valence electrons. The molecule has 3 unspecified atom stereocenters. The first-order valence-electron chi connectivity index (χ1n) is 18.9. The highest BCUT2D eigenvalue weighted by Crippen LogP contribution is 2.56. The van der Waals surface area contributed by atoms with Gasteiger partial charge in [-0.05, 0) is 12.5 Å². The van der Waals surface area contributed by atoms with Gasteiger partial charge in [-0.3, -0.25) is 23.7 Å². The maximum atomic E-state index is 12.6. The monoisotopic (exact) mass is 935 g/mol. The quantitative estimate of drug-likeness (QED) is 0.0279. The van der Waals surface area contributed by atoms with Gasteiger partial charge in [-0.25, -0.2) is 8.88 Å². The van der Waals surface area contributed by atoms with Crippen LogP contribution in [0, 0.1) is 5.41 Å². The molecule has 2 aromatic rings. The van der Waals surface area contributed by atoms with Gasteiger partial charge in [0.15, 0.2) is 11.8 Å². The van der Waals surface area contributed by atoms with E-state index in [1.807, 2.05) is 0 Å². The van der Waals surface area contributed by atoms with Gasteiger partial charge in [-0.2, -0.15) is 0 Å². The molecule has 3 heterocycles. The largest absolute Gasteiger partial charge is 0.790 e. The van der Waals surface area contributed by atoms with Gasteiger partial charge in [-0.15, -0.1) is 4.98 Å². The number of H-pyrrole nitrogens is 1. The first kappa shape index (κ1) is 51.7. The van der Waals surface area contributed by atoms with E-state index in [9.17, 15) is 53.1 Å². The smallest absolute Gasteiger partial charge is 0.305 e. The van der Waals surface area contributed by atoms with E-state index >= 15 is 0 Å². The fraction of sp³-hybridized carbons (Fsp3) is 0.750. The Labute approximate surface area is 350 Å². The molecule has 1 fully saturated rings. The third-order valence-electron chi connectivity index (χ3n) is 8.89. The van der Waals surface area contributed by atoms with Crippen LogP contribution < -0.4 is 40.5 Å². The van der Waals surface area contributed by atoms with Crippen molar-refractivity contribution in [1.82, 2.24) is 20.6 Å². The minimum Gasteiger partial charge on any atom is -0.790 e. The van der Waals surface area contributed by atoms with Crippen LogP contribution in [0.15, 0.2) is 18.6 Å². The number of phosphoric ester groups is 3. The van der Waals surface area contributed by atoms with Crippen LogP contribution in [-0.2, 0) is 45.9 Å². The number of amides is 2. The Morgan fingerprint density at radius 2 is 1.66 bits per heavy atom. The van der Waals surface area contributed by atoms with Crippen molar-refractivity contribution in [2.75, 3.05) is 43.5 Å². The van der Waals surface area contributed by atoms with E-state index in [1.54, 1.807) is 21.6 Å². The number of aromatic amines is 1. The number of pyridine rings is 1. The molecule has 3 rings (SSSR count). The first-order valence-corrected chi connectivity index (χ1v) is 25.8. The number of unbranched alkanes of at least 4 members (excludes halogenated alkanes) is 7. The zero-order valence-electron chi connectivity index (χ0n) is 33.0. The fourth-order valence-electron chi connectivity index (χ4n) is 5.70. The average Bonchev–Trinajstić information content (AvgIpc) is 3.71. The van der Waals surface area contributed by atoms with E-state index in [0.29, 0.717) is 12.3 Å². The van der Waals surface area contributed by atoms with Gasteiger partial charge in [0.05, 0.1) is 26.7 Å². The number of fused-ring (bicyclic) bond motifs is 1. The molecule has 0 saturated carbocycles. The molecule has 22 nitrogen and oxygen atoms in total. The number of phosphoric acid groups is 3. The number of aliphatic hydroxyl groups is 2. The summed E-state index contributed by atoms with van der Waals surface area (Å²) < 4.78 is 60.9. The number of aliphatic hydroxyl groups excluding tert-OH is 2. The first-order chi connectivity index (χ1) is 27.7. The summed E-state index contributed by atoms with van der Waals surface area (Å²) in [6, 6.07) is 1.46. The van der Waals surface area contributed by atoms with Gasteiger partial charge < -0.3 is 69.0 Å². The van der Waals surface area contributed by atoms with Crippen molar-refractivity contribution in [3.63, 3.8) is 0 Å².